The minimum absolute atomic E-state index is 0.0669. The molecule has 1 aromatic heterocycles. The Kier molecular flexibility index (Phi) is 7.06. The number of anilines is 2. The molecule has 0 spiro atoms. The molecule has 7 heteroatoms. The molecule has 0 aromatic carbocycles. The third-order valence-corrected chi connectivity index (χ3v) is 3.71. The van der Waals surface area contributed by atoms with Gasteiger partial charge in [-0.3, -0.25) is 19.1 Å². The Morgan fingerprint density at radius 1 is 1.22 bits per heavy atom. The van der Waals surface area contributed by atoms with E-state index < -0.39 is 11.2 Å². The quantitative estimate of drug-likeness (QED) is 0.760. The van der Waals surface area contributed by atoms with Crippen LogP contribution >= 0.6 is 0 Å². The number of aromatic amines is 1. The molecular weight excluding hydrogens is 296 g/mol. The molecule has 0 fully saturated rings. The average Bonchev–Trinajstić information content (AvgIpc) is 2.49. The van der Waals surface area contributed by atoms with Crippen LogP contribution in [0.3, 0.4) is 0 Å². The third kappa shape index (κ3) is 4.46. The SMILES string of the molecule is CCCCN(C(=O)C(C)C)c1c(N)n(CCCC)c(=O)[nH]c1=O. The van der Waals surface area contributed by atoms with E-state index in [1.54, 1.807) is 13.8 Å². The zero-order valence-electron chi connectivity index (χ0n) is 14.5. The molecule has 0 unspecified atom stereocenters. The van der Waals surface area contributed by atoms with Crippen LogP contribution in [0, 0.1) is 5.92 Å². The first-order chi connectivity index (χ1) is 10.8. The second-order valence-electron chi connectivity index (χ2n) is 6.00. The number of unbranched alkanes of at least 4 members (excludes halogenated alkanes) is 2. The molecule has 1 rings (SSSR count). The Bertz CT molecular complexity index is 646. The number of carbonyl (C=O) groups excluding carboxylic acids is 1. The number of nitrogens with two attached hydrogens (primary N) is 1. The van der Waals surface area contributed by atoms with E-state index in [1.165, 1.54) is 9.47 Å². The van der Waals surface area contributed by atoms with E-state index in [9.17, 15) is 14.4 Å². The van der Waals surface area contributed by atoms with Crippen molar-refractivity contribution in [1.82, 2.24) is 9.55 Å². The van der Waals surface area contributed by atoms with Crippen LogP contribution in [-0.2, 0) is 11.3 Å². The van der Waals surface area contributed by atoms with Gasteiger partial charge in [-0.15, -0.1) is 0 Å². The van der Waals surface area contributed by atoms with Crippen molar-refractivity contribution < 1.29 is 4.79 Å². The molecular formula is C16H28N4O3. The van der Waals surface area contributed by atoms with Crippen molar-refractivity contribution in [3.05, 3.63) is 20.8 Å². The number of amides is 1. The average molecular weight is 324 g/mol. The molecule has 0 radical (unpaired) electrons. The van der Waals surface area contributed by atoms with Crippen LogP contribution in [-0.4, -0.2) is 22.0 Å². The fraction of sp³-hybridized carbons (Fsp3) is 0.688. The Morgan fingerprint density at radius 3 is 2.35 bits per heavy atom. The number of nitrogen functional groups attached to an aromatic ring is 1. The van der Waals surface area contributed by atoms with Crippen LogP contribution in [0.1, 0.15) is 53.4 Å². The summed E-state index contributed by atoms with van der Waals surface area (Å²) >= 11 is 0. The molecule has 1 amide bonds. The molecule has 0 bridgehead atoms. The molecule has 7 nitrogen and oxygen atoms in total. The molecule has 0 aliphatic rings. The number of nitrogens with zero attached hydrogens (tertiary/aromatic N) is 2. The van der Waals surface area contributed by atoms with E-state index in [1.807, 2.05) is 13.8 Å². The van der Waals surface area contributed by atoms with Crippen molar-refractivity contribution in [2.45, 2.75) is 59.9 Å². The number of H-pyrrole nitrogens is 1. The second-order valence-corrected chi connectivity index (χ2v) is 6.00. The van der Waals surface area contributed by atoms with Crippen molar-refractivity contribution >= 4 is 17.4 Å². The number of hydrogen-bond donors (Lipinski definition) is 2. The number of nitrogens with one attached hydrogen (secondary N) is 1. The fourth-order valence-electron chi connectivity index (χ4n) is 2.34. The Morgan fingerprint density at radius 2 is 1.83 bits per heavy atom. The summed E-state index contributed by atoms with van der Waals surface area (Å²) in [5.41, 5.74) is 5.04. The molecule has 0 saturated carbocycles. The predicted octanol–water partition coefficient (Wildman–Crippen LogP) is 1.71. The molecule has 0 aliphatic carbocycles. The standard InChI is InChI=1S/C16H28N4O3/c1-5-7-9-19(15(22)11(3)4)12-13(17)20(10-8-6-2)16(23)18-14(12)21/h11H,5-10,17H2,1-4H3,(H,18,21,23). The highest BCUT2D eigenvalue weighted by Crippen LogP contribution is 2.20. The zero-order valence-corrected chi connectivity index (χ0v) is 14.5. The second kappa shape index (κ2) is 8.55. The van der Waals surface area contributed by atoms with Gasteiger partial charge in [0.2, 0.25) is 5.91 Å². The van der Waals surface area contributed by atoms with Crippen molar-refractivity contribution in [2.75, 3.05) is 17.2 Å². The van der Waals surface area contributed by atoms with E-state index >= 15 is 0 Å². The minimum atomic E-state index is -0.606. The normalized spacial score (nSPS) is 11.0. The number of carbonyl (C=O) groups is 1. The van der Waals surface area contributed by atoms with Gasteiger partial charge in [0.1, 0.15) is 5.82 Å². The molecule has 3 N–H and O–H groups in total. The number of aromatic nitrogens is 2. The van der Waals surface area contributed by atoms with E-state index in [0.717, 1.165) is 25.7 Å². The van der Waals surface area contributed by atoms with Crippen molar-refractivity contribution in [2.24, 2.45) is 5.92 Å². The van der Waals surface area contributed by atoms with Gasteiger partial charge in [-0.2, -0.15) is 0 Å². The van der Waals surface area contributed by atoms with Crippen molar-refractivity contribution in [3.8, 4) is 0 Å². The van der Waals surface area contributed by atoms with E-state index in [2.05, 4.69) is 4.98 Å². The summed E-state index contributed by atoms with van der Waals surface area (Å²) in [4.78, 5) is 40.5. The van der Waals surface area contributed by atoms with Crippen LogP contribution in [0.15, 0.2) is 9.59 Å². The lowest BCUT2D eigenvalue weighted by Crippen LogP contribution is -2.43. The van der Waals surface area contributed by atoms with Crippen LogP contribution in [0.2, 0.25) is 0 Å². The highest BCUT2D eigenvalue weighted by Gasteiger charge is 2.25. The van der Waals surface area contributed by atoms with E-state index in [0.29, 0.717) is 13.1 Å². The fourth-order valence-corrected chi connectivity index (χ4v) is 2.34. The van der Waals surface area contributed by atoms with Gasteiger partial charge in [0, 0.05) is 19.0 Å². The number of hydrogen-bond acceptors (Lipinski definition) is 4. The van der Waals surface area contributed by atoms with Gasteiger partial charge in [-0.05, 0) is 12.8 Å². The summed E-state index contributed by atoms with van der Waals surface area (Å²) in [6.45, 7) is 8.39. The zero-order chi connectivity index (χ0) is 17.6. The molecule has 0 atom stereocenters. The molecule has 0 saturated heterocycles. The highest BCUT2D eigenvalue weighted by atomic mass is 16.2. The lowest BCUT2D eigenvalue weighted by Gasteiger charge is -2.26. The summed E-state index contributed by atoms with van der Waals surface area (Å²) in [5.74, 6) is -0.365. The summed E-state index contributed by atoms with van der Waals surface area (Å²) in [6.07, 6.45) is 3.30. The van der Waals surface area contributed by atoms with E-state index in [4.69, 9.17) is 5.73 Å². The van der Waals surface area contributed by atoms with Crippen molar-refractivity contribution in [3.63, 3.8) is 0 Å². The summed E-state index contributed by atoms with van der Waals surface area (Å²) in [7, 11) is 0. The molecule has 1 heterocycles. The Hall–Kier alpha value is -2.05. The first kappa shape index (κ1) is 19.0. The van der Waals surface area contributed by atoms with Crippen LogP contribution < -0.4 is 21.9 Å². The minimum Gasteiger partial charge on any atom is -0.383 e. The summed E-state index contributed by atoms with van der Waals surface area (Å²) in [5, 5.41) is 0. The highest BCUT2D eigenvalue weighted by molar-refractivity contribution is 5.96. The largest absolute Gasteiger partial charge is 0.383 e. The molecule has 23 heavy (non-hydrogen) atoms. The maximum atomic E-state index is 12.5. The monoisotopic (exact) mass is 324 g/mol. The molecule has 0 aliphatic heterocycles. The topological polar surface area (TPSA) is 101 Å². The smallest absolute Gasteiger partial charge is 0.330 e. The lowest BCUT2D eigenvalue weighted by atomic mass is 10.1. The van der Waals surface area contributed by atoms with Crippen LogP contribution in [0.4, 0.5) is 11.5 Å². The summed E-state index contributed by atoms with van der Waals surface area (Å²) < 4.78 is 1.34. The number of rotatable bonds is 8. The predicted molar refractivity (Wildman–Crippen MR) is 92.7 cm³/mol. The lowest BCUT2D eigenvalue weighted by molar-refractivity contribution is -0.121. The van der Waals surface area contributed by atoms with Gasteiger partial charge in [0.05, 0.1) is 0 Å². The third-order valence-electron chi connectivity index (χ3n) is 3.71. The van der Waals surface area contributed by atoms with E-state index in [-0.39, 0.29) is 23.3 Å². The van der Waals surface area contributed by atoms with Gasteiger partial charge >= 0.3 is 5.69 Å². The van der Waals surface area contributed by atoms with Gasteiger partial charge in [-0.25, -0.2) is 4.79 Å². The van der Waals surface area contributed by atoms with Gasteiger partial charge < -0.3 is 10.6 Å². The van der Waals surface area contributed by atoms with Gasteiger partial charge in [-0.1, -0.05) is 40.5 Å². The first-order valence-corrected chi connectivity index (χ1v) is 8.29. The summed E-state index contributed by atoms with van der Waals surface area (Å²) in [6, 6.07) is 0. The van der Waals surface area contributed by atoms with Gasteiger partial charge in [0.25, 0.3) is 5.56 Å². The van der Waals surface area contributed by atoms with Crippen molar-refractivity contribution in [1.29, 1.82) is 0 Å². The van der Waals surface area contributed by atoms with Gasteiger partial charge in [0.15, 0.2) is 5.69 Å². The Labute approximate surface area is 136 Å². The molecule has 1 aromatic rings. The first-order valence-electron chi connectivity index (χ1n) is 8.29. The Balaban J connectivity index is 3.43. The van der Waals surface area contributed by atoms with Crippen LogP contribution in [0.25, 0.3) is 0 Å². The van der Waals surface area contributed by atoms with Crippen LogP contribution in [0.5, 0.6) is 0 Å². The maximum absolute atomic E-state index is 12.5. The molecule has 130 valence electrons. The maximum Gasteiger partial charge on any atom is 0.330 e.